The summed E-state index contributed by atoms with van der Waals surface area (Å²) in [4.78, 5) is 11.4. The molecule has 5 nitrogen and oxygen atoms in total. The highest BCUT2D eigenvalue weighted by Crippen LogP contribution is 2.08. The number of hydrogen-bond donors (Lipinski definition) is 0. The third-order valence-electron chi connectivity index (χ3n) is 1.38. The molecule has 5 heteroatoms. The van der Waals surface area contributed by atoms with E-state index in [1.165, 1.54) is 12.4 Å². The first kappa shape index (κ1) is 10.7. The molecule has 14 heavy (non-hydrogen) atoms. The van der Waals surface area contributed by atoms with Crippen molar-refractivity contribution < 1.29 is 14.6 Å². The lowest BCUT2D eigenvalue weighted by Crippen LogP contribution is -2.27. The Morgan fingerprint density at radius 3 is 2.64 bits per heavy atom. The van der Waals surface area contributed by atoms with Crippen LogP contribution in [-0.2, 0) is 16.5 Å². The molecule has 0 aliphatic heterocycles. The molecule has 1 radical (unpaired) electrons. The molecule has 0 amide bonds. The Balaban J connectivity index is 2.70. The highest BCUT2D eigenvalue weighted by atomic mass is 16.6. The fourth-order valence-electron chi connectivity index (χ4n) is 0.843. The molecule has 1 rings (SSSR count). The molecule has 0 saturated carbocycles. The molecule has 1 aromatic rings. The van der Waals surface area contributed by atoms with Crippen molar-refractivity contribution in [3.8, 4) is 0 Å². The van der Waals surface area contributed by atoms with Crippen LogP contribution >= 0.6 is 0 Å². The lowest BCUT2D eigenvalue weighted by atomic mass is 10.2. The summed E-state index contributed by atoms with van der Waals surface area (Å²) < 4.78 is 6.07. The van der Waals surface area contributed by atoms with Crippen LogP contribution in [0.4, 0.5) is 4.79 Å². The Morgan fingerprint density at radius 2 is 2.21 bits per heavy atom. The number of rotatable bonds is 1. The SMILES string of the molecule is CC(C)(C)OC(=O)n1cc(C[O])cn1. The highest BCUT2D eigenvalue weighted by molar-refractivity contribution is 5.69. The maximum absolute atomic E-state index is 11.4. The van der Waals surface area contributed by atoms with Gasteiger partial charge in [-0.3, -0.25) is 0 Å². The monoisotopic (exact) mass is 197 g/mol. The maximum Gasteiger partial charge on any atom is 0.435 e. The van der Waals surface area contributed by atoms with Gasteiger partial charge in [0.1, 0.15) is 12.2 Å². The second-order valence-corrected chi connectivity index (χ2v) is 3.92. The normalized spacial score (nSPS) is 11.4. The summed E-state index contributed by atoms with van der Waals surface area (Å²) in [7, 11) is 0. The zero-order valence-corrected chi connectivity index (χ0v) is 8.48. The second kappa shape index (κ2) is 3.79. The highest BCUT2D eigenvalue weighted by Gasteiger charge is 2.18. The lowest BCUT2D eigenvalue weighted by molar-refractivity contribution is 0.0514. The molecular weight excluding hydrogens is 184 g/mol. The zero-order chi connectivity index (χ0) is 10.8. The average Bonchev–Trinajstić information content (AvgIpc) is 2.48. The fourth-order valence-corrected chi connectivity index (χ4v) is 0.843. The van der Waals surface area contributed by atoms with Crippen LogP contribution in [0.1, 0.15) is 26.3 Å². The summed E-state index contributed by atoms with van der Waals surface area (Å²) in [6.07, 6.45) is 2.16. The predicted molar refractivity (Wildman–Crippen MR) is 48.2 cm³/mol. The van der Waals surface area contributed by atoms with Crippen molar-refractivity contribution >= 4 is 6.09 Å². The molecule has 1 heterocycles. The largest absolute Gasteiger partial charge is 0.442 e. The zero-order valence-electron chi connectivity index (χ0n) is 8.48. The third kappa shape index (κ3) is 2.85. The summed E-state index contributed by atoms with van der Waals surface area (Å²) in [6, 6.07) is 0. The Labute approximate surface area is 82.3 Å². The molecule has 0 aliphatic rings. The minimum absolute atomic E-state index is 0.386. The van der Waals surface area contributed by atoms with Crippen molar-refractivity contribution in [1.29, 1.82) is 0 Å². The van der Waals surface area contributed by atoms with Gasteiger partial charge in [-0.15, -0.1) is 0 Å². The lowest BCUT2D eigenvalue weighted by Gasteiger charge is -2.18. The van der Waals surface area contributed by atoms with Gasteiger partial charge in [0.25, 0.3) is 0 Å². The van der Waals surface area contributed by atoms with Crippen LogP contribution < -0.4 is 0 Å². The summed E-state index contributed by atoms with van der Waals surface area (Å²) in [5.41, 5.74) is -0.0865. The Kier molecular flexibility index (Phi) is 2.90. The van der Waals surface area contributed by atoms with E-state index in [0.717, 1.165) is 4.68 Å². The number of aromatic nitrogens is 2. The van der Waals surface area contributed by atoms with Crippen molar-refractivity contribution in [2.45, 2.75) is 33.0 Å². The van der Waals surface area contributed by atoms with Crippen LogP contribution in [0.15, 0.2) is 12.4 Å². The van der Waals surface area contributed by atoms with Crippen LogP contribution in [0.3, 0.4) is 0 Å². The third-order valence-corrected chi connectivity index (χ3v) is 1.38. The van der Waals surface area contributed by atoms with E-state index in [0.29, 0.717) is 5.56 Å². The van der Waals surface area contributed by atoms with Crippen LogP contribution in [0.5, 0.6) is 0 Å². The van der Waals surface area contributed by atoms with Crippen molar-refractivity contribution in [2.75, 3.05) is 0 Å². The molecule has 0 unspecified atom stereocenters. The Bertz CT molecular complexity index is 325. The van der Waals surface area contributed by atoms with E-state index in [2.05, 4.69) is 5.10 Å². The van der Waals surface area contributed by atoms with Crippen LogP contribution in [0.25, 0.3) is 0 Å². The van der Waals surface area contributed by atoms with Gasteiger partial charge >= 0.3 is 6.09 Å². The van der Waals surface area contributed by atoms with Gasteiger partial charge in [0.2, 0.25) is 0 Å². The number of nitrogens with zero attached hydrogens (tertiary/aromatic N) is 2. The van der Waals surface area contributed by atoms with Crippen molar-refractivity contribution in [1.82, 2.24) is 9.78 Å². The van der Waals surface area contributed by atoms with Gasteiger partial charge in [0.05, 0.1) is 6.20 Å². The molecule has 1 aromatic heterocycles. The molecule has 0 saturated heterocycles. The van der Waals surface area contributed by atoms with Crippen molar-refractivity contribution in [2.24, 2.45) is 0 Å². The topological polar surface area (TPSA) is 64.0 Å². The maximum atomic E-state index is 11.4. The average molecular weight is 197 g/mol. The summed E-state index contributed by atoms with van der Waals surface area (Å²) in [6.45, 7) is 4.91. The molecule has 0 spiro atoms. The van der Waals surface area contributed by atoms with E-state index in [9.17, 15) is 9.90 Å². The fraction of sp³-hybridized carbons (Fsp3) is 0.556. The first-order chi connectivity index (χ1) is 6.42. The Morgan fingerprint density at radius 1 is 1.57 bits per heavy atom. The summed E-state index contributed by atoms with van der Waals surface area (Å²) in [5, 5.41) is 14.2. The number of ether oxygens (including phenoxy) is 1. The van der Waals surface area contributed by atoms with E-state index < -0.39 is 11.7 Å². The number of carbonyl (C=O) groups is 1. The van der Waals surface area contributed by atoms with E-state index in [1.807, 2.05) is 0 Å². The molecule has 0 aromatic carbocycles. The minimum Gasteiger partial charge on any atom is -0.442 e. The molecular formula is C9H13N2O3. The first-order valence-electron chi connectivity index (χ1n) is 4.27. The van der Waals surface area contributed by atoms with E-state index in [4.69, 9.17) is 4.74 Å². The van der Waals surface area contributed by atoms with Crippen LogP contribution in [-0.4, -0.2) is 21.5 Å². The molecule has 0 fully saturated rings. The standard InChI is InChI=1S/C9H13N2O3/c1-9(2,3)14-8(13)11-5-7(6-12)4-10-11/h4-5H,6H2,1-3H3. The molecule has 77 valence electrons. The van der Waals surface area contributed by atoms with E-state index >= 15 is 0 Å². The van der Waals surface area contributed by atoms with E-state index in [-0.39, 0.29) is 6.61 Å². The predicted octanol–water partition coefficient (Wildman–Crippen LogP) is 1.60. The number of carbonyl (C=O) groups excluding carboxylic acids is 1. The smallest absolute Gasteiger partial charge is 0.435 e. The van der Waals surface area contributed by atoms with Gasteiger partial charge in [0.15, 0.2) is 0 Å². The molecule has 0 aliphatic carbocycles. The van der Waals surface area contributed by atoms with Gasteiger partial charge < -0.3 is 4.74 Å². The Hall–Kier alpha value is -1.36. The number of hydrogen-bond acceptors (Lipinski definition) is 3. The minimum atomic E-state index is -0.572. The van der Waals surface area contributed by atoms with Crippen LogP contribution in [0.2, 0.25) is 0 Å². The molecule has 0 N–H and O–H groups in total. The van der Waals surface area contributed by atoms with E-state index in [1.54, 1.807) is 20.8 Å². The molecule has 0 atom stereocenters. The van der Waals surface area contributed by atoms with Crippen LogP contribution in [0, 0.1) is 0 Å². The van der Waals surface area contributed by atoms with Gasteiger partial charge in [-0.2, -0.15) is 9.78 Å². The van der Waals surface area contributed by atoms with Crippen molar-refractivity contribution in [3.63, 3.8) is 0 Å². The van der Waals surface area contributed by atoms with Crippen molar-refractivity contribution in [3.05, 3.63) is 18.0 Å². The summed E-state index contributed by atoms with van der Waals surface area (Å²) >= 11 is 0. The van der Waals surface area contributed by atoms with Gasteiger partial charge in [-0.05, 0) is 20.8 Å². The quantitative estimate of drug-likeness (QED) is 0.686. The second-order valence-electron chi connectivity index (χ2n) is 3.92. The summed E-state index contributed by atoms with van der Waals surface area (Å²) in [5.74, 6) is 0. The molecule has 0 bridgehead atoms. The van der Waals surface area contributed by atoms with Gasteiger partial charge in [0, 0.05) is 11.8 Å². The van der Waals surface area contributed by atoms with Gasteiger partial charge in [-0.1, -0.05) is 0 Å². The first-order valence-corrected chi connectivity index (χ1v) is 4.27. The van der Waals surface area contributed by atoms with Gasteiger partial charge in [-0.25, -0.2) is 9.90 Å².